The molecule has 0 aromatic heterocycles. The number of hydrogen-bond acceptors (Lipinski definition) is 2. The molecule has 0 atom stereocenters. The monoisotopic (exact) mass is 193 g/mol. The normalized spacial score (nSPS) is 9.43. The van der Waals surface area contributed by atoms with Crippen molar-refractivity contribution in [3.8, 4) is 6.07 Å². The molecule has 0 fully saturated rings. The van der Waals surface area contributed by atoms with E-state index < -0.39 is 11.8 Å². The van der Waals surface area contributed by atoms with Gasteiger partial charge >= 0.3 is 5.97 Å². The van der Waals surface area contributed by atoms with Crippen molar-refractivity contribution in [1.29, 1.82) is 5.26 Å². The Morgan fingerprint density at radius 3 is 2.79 bits per heavy atom. The number of nitrogens with zero attached hydrogens (tertiary/aromatic N) is 1. The van der Waals surface area contributed by atoms with Crippen molar-refractivity contribution in [3.63, 3.8) is 0 Å². The molecule has 1 rings (SSSR count). The minimum Gasteiger partial charge on any atom is -0.481 e. The van der Waals surface area contributed by atoms with Crippen LogP contribution in [0.1, 0.15) is 17.5 Å². The van der Waals surface area contributed by atoms with Crippen molar-refractivity contribution in [2.75, 3.05) is 0 Å². The summed E-state index contributed by atoms with van der Waals surface area (Å²) in [5, 5.41) is 16.8. The van der Waals surface area contributed by atoms with E-state index in [-0.39, 0.29) is 18.4 Å². The number of hydrogen-bond donors (Lipinski definition) is 1. The summed E-state index contributed by atoms with van der Waals surface area (Å²) in [6, 6.07) is 5.81. The van der Waals surface area contributed by atoms with E-state index in [2.05, 4.69) is 0 Å². The Morgan fingerprint density at radius 1 is 1.57 bits per heavy atom. The quantitative estimate of drug-likeness (QED) is 0.794. The third-order valence-electron chi connectivity index (χ3n) is 1.78. The first kappa shape index (κ1) is 10.2. The Bertz CT molecular complexity index is 396. The molecule has 0 heterocycles. The molecule has 1 aromatic rings. The summed E-state index contributed by atoms with van der Waals surface area (Å²) in [6.07, 6.45) is 0.239. The van der Waals surface area contributed by atoms with Gasteiger partial charge in [-0.05, 0) is 24.1 Å². The van der Waals surface area contributed by atoms with E-state index >= 15 is 0 Å². The molecule has 72 valence electrons. The zero-order valence-electron chi connectivity index (χ0n) is 7.33. The molecule has 0 saturated heterocycles. The Hall–Kier alpha value is -1.89. The minimum atomic E-state index is -0.922. The first-order valence-electron chi connectivity index (χ1n) is 4.04. The SMILES string of the molecule is N#Cc1ccc(CCC(=O)O)cc1F. The summed E-state index contributed by atoms with van der Waals surface area (Å²) in [5.74, 6) is -1.52. The van der Waals surface area contributed by atoms with Crippen molar-refractivity contribution in [1.82, 2.24) is 0 Å². The molecule has 14 heavy (non-hydrogen) atoms. The number of benzene rings is 1. The Labute approximate surface area is 80.4 Å². The smallest absolute Gasteiger partial charge is 0.303 e. The third kappa shape index (κ3) is 2.56. The highest BCUT2D eigenvalue weighted by atomic mass is 19.1. The fourth-order valence-electron chi connectivity index (χ4n) is 1.06. The average Bonchev–Trinajstić information content (AvgIpc) is 2.15. The number of carbonyl (C=O) groups is 1. The fraction of sp³-hybridized carbons (Fsp3) is 0.200. The average molecular weight is 193 g/mol. The van der Waals surface area contributed by atoms with Crippen LogP contribution in [0.25, 0.3) is 0 Å². The van der Waals surface area contributed by atoms with Gasteiger partial charge in [-0.25, -0.2) is 4.39 Å². The van der Waals surface area contributed by atoms with Gasteiger partial charge in [0.15, 0.2) is 0 Å². The summed E-state index contributed by atoms with van der Waals surface area (Å²) in [7, 11) is 0. The molecule has 0 aliphatic rings. The van der Waals surface area contributed by atoms with E-state index in [9.17, 15) is 9.18 Å². The van der Waals surface area contributed by atoms with Crippen LogP contribution in [0.3, 0.4) is 0 Å². The van der Waals surface area contributed by atoms with Crippen LogP contribution in [0.15, 0.2) is 18.2 Å². The summed E-state index contributed by atoms with van der Waals surface area (Å²) in [6.45, 7) is 0. The lowest BCUT2D eigenvalue weighted by molar-refractivity contribution is -0.136. The second-order valence-electron chi connectivity index (χ2n) is 2.82. The maximum atomic E-state index is 13.0. The molecular formula is C10H8FNO2. The number of nitriles is 1. The van der Waals surface area contributed by atoms with Gasteiger partial charge in [0, 0.05) is 6.42 Å². The van der Waals surface area contributed by atoms with Crippen LogP contribution < -0.4 is 0 Å². The topological polar surface area (TPSA) is 61.1 Å². The Kier molecular flexibility index (Phi) is 3.19. The maximum absolute atomic E-state index is 13.0. The number of halogens is 1. The first-order chi connectivity index (χ1) is 6.63. The van der Waals surface area contributed by atoms with Crippen LogP contribution in [0, 0.1) is 17.1 Å². The van der Waals surface area contributed by atoms with E-state index in [0.717, 1.165) is 0 Å². The van der Waals surface area contributed by atoms with Crippen LogP contribution >= 0.6 is 0 Å². The van der Waals surface area contributed by atoms with Gasteiger partial charge in [-0.15, -0.1) is 0 Å². The number of rotatable bonds is 3. The number of aryl methyl sites for hydroxylation is 1. The molecule has 3 nitrogen and oxygen atoms in total. The van der Waals surface area contributed by atoms with Gasteiger partial charge in [-0.1, -0.05) is 6.07 Å². The van der Waals surface area contributed by atoms with E-state index in [0.29, 0.717) is 5.56 Å². The lowest BCUT2D eigenvalue weighted by Crippen LogP contribution is -1.98. The molecule has 0 spiro atoms. The van der Waals surface area contributed by atoms with Crippen molar-refractivity contribution in [3.05, 3.63) is 35.1 Å². The van der Waals surface area contributed by atoms with Gasteiger partial charge < -0.3 is 5.11 Å². The van der Waals surface area contributed by atoms with Gasteiger partial charge in [0.2, 0.25) is 0 Å². The molecular weight excluding hydrogens is 185 g/mol. The predicted octanol–water partition coefficient (Wildman–Crippen LogP) is 1.71. The molecule has 0 aliphatic carbocycles. The molecule has 0 amide bonds. The summed E-state index contributed by atoms with van der Waals surface area (Å²) < 4.78 is 13.0. The van der Waals surface area contributed by atoms with Crippen molar-refractivity contribution in [2.24, 2.45) is 0 Å². The van der Waals surface area contributed by atoms with E-state index in [1.54, 1.807) is 12.1 Å². The van der Waals surface area contributed by atoms with Crippen LogP contribution in [0.4, 0.5) is 4.39 Å². The molecule has 4 heteroatoms. The van der Waals surface area contributed by atoms with Crippen molar-refractivity contribution < 1.29 is 14.3 Å². The van der Waals surface area contributed by atoms with Gasteiger partial charge in [0.05, 0.1) is 5.56 Å². The third-order valence-corrected chi connectivity index (χ3v) is 1.78. The molecule has 0 saturated carbocycles. The maximum Gasteiger partial charge on any atom is 0.303 e. The Morgan fingerprint density at radius 2 is 2.29 bits per heavy atom. The minimum absolute atomic E-state index is 0.0240. The zero-order valence-corrected chi connectivity index (χ0v) is 7.33. The molecule has 0 aliphatic heterocycles. The molecule has 1 N–H and O–H groups in total. The van der Waals surface area contributed by atoms with Crippen molar-refractivity contribution >= 4 is 5.97 Å². The molecule has 0 radical (unpaired) electrons. The van der Waals surface area contributed by atoms with Gasteiger partial charge in [-0.3, -0.25) is 4.79 Å². The number of carboxylic acids is 1. The van der Waals surface area contributed by atoms with Crippen LogP contribution in [-0.2, 0) is 11.2 Å². The second-order valence-corrected chi connectivity index (χ2v) is 2.82. The van der Waals surface area contributed by atoms with E-state index in [1.807, 2.05) is 0 Å². The Balaban J connectivity index is 2.77. The lowest BCUT2D eigenvalue weighted by Gasteiger charge is -1.99. The standard InChI is InChI=1S/C10H8FNO2/c11-9-5-7(2-4-10(13)14)1-3-8(9)6-12/h1,3,5H,2,4H2,(H,13,14). The zero-order chi connectivity index (χ0) is 10.6. The van der Waals surface area contributed by atoms with Crippen LogP contribution in [0.5, 0.6) is 0 Å². The molecule has 1 aromatic carbocycles. The van der Waals surface area contributed by atoms with Crippen molar-refractivity contribution in [2.45, 2.75) is 12.8 Å². The fourth-order valence-corrected chi connectivity index (χ4v) is 1.06. The molecule has 0 unspecified atom stereocenters. The van der Waals surface area contributed by atoms with Crippen LogP contribution in [-0.4, -0.2) is 11.1 Å². The molecule has 0 bridgehead atoms. The number of aliphatic carboxylic acids is 1. The summed E-state index contributed by atoms with van der Waals surface area (Å²) in [5.41, 5.74) is 0.563. The van der Waals surface area contributed by atoms with E-state index in [1.165, 1.54) is 12.1 Å². The van der Waals surface area contributed by atoms with E-state index in [4.69, 9.17) is 10.4 Å². The lowest BCUT2D eigenvalue weighted by atomic mass is 10.1. The highest BCUT2D eigenvalue weighted by Gasteiger charge is 2.04. The van der Waals surface area contributed by atoms with Gasteiger partial charge in [0.1, 0.15) is 11.9 Å². The predicted molar refractivity (Wildman–Crippen MR) is 47.1 cm³/mol. The first-order valence-corrected chi connectivity index (χ1v) is 4.04. The summed E-state index contributed by atoms with van der Waals surface area (Å²) >= 11 is 0. The van der Waals surface area contributed by atoms with Crippen LogP contribution in [0.2, 0.25) is 0 Å². The largest absolute Gasteiger partial charge is 0.481 e. The number of carboxylic acid groups (broad SMARTS) is 1. The van der Waals surface area contributed by atoms with Gasteiger partial charge in [0.25, 0.3) is 0 Å². The van der Waals surface area contributed by atoms with Gasteiger partial charge in [-0.2, -0.15) is 5.26 Å². The second kappa shape index (κ2) is 4.38. The highest BCUT2D eigenvalue weighted by Crippen LogP contribution is 2.10. The highest BCUT2D eigenvalue weighted by molar-refractivity contribution is 5.67. The summed E-state index contributed by atoms with van der Waals surface area (Å²) in [4.78, 5) is 10.2.